The fourth-order valence-electron chi connectivity index (χ4n) is 2.21. The van der Waals surface area contributed by atoms with E-state index in [0.29, 0.717) is 11.6 Å². The van der Waals surface area contributed by atoms with E-state index in [1.165, 1.54) is 0 Å². The summed E-state index contributed by atoms with van der Waals surface area (Å²) in [5.74, 6) is 0.589. The normalized spacial score (nSPS) is 25.2. The van der Waals surface area contributed by atoms with Gasteiger partial charge in [0.1, 0.15) is 0 Å². The zero-order valence-corrected chi connectivity index (χ0v) is 10.4. The number of aromatic nitrogens is 1. The first-order valence-corrected chi connectivity index (χ1v) is 6.09. The van der Waals surface area contributed by atoms with Crippen molar-refractivity contribution in [3.8, 4) is 0 Å². The molecule has 4 nitrogen and oxygen atoms in total. The molecule has 1 aliphatic rings. The van der Waals surface area contributed by atoms with Gasteiger partial charge in [0, 0.05) is 13.6 Å². The highest BCUT2D eigenvalue weighted by molar-refractivity contribution is 5.43. The van der Waals surface area contributed by atoms with Crippen molar-refractivity contribution in [2.75, 3.05) is 18.5 Å². The maximum atomic E-state index is 9.37. The third-order valence-corrected chi connectivity index (χ3v) is 3.38. The van der Waals surface area contributed by atoms with Gasteiger partial charge in [0.25, 0.3) is 0 Å². The Morgan fingerprint density at radius 3 is 2.65 bits per heavy atom. The molecule has 0 aliphatic heterocycles. The molecule has 1 heterocycles. The molecule has 94 valence electrons. The fraction of sp³-hybridized carbons (Fsp3) is 0.615. The molecule has 1 fully saturated rings. The summed E-state index contributed by atoms with van der Waals surface area (Å²) < 4.78 is 0. The Balaban J connectivity index is 1.92. The van der Waals surface area contributed by atoms with Crippen molar-refractivity contribution in [2.24, 2.45) is 5.92 Å². The van der Waals surface area contributed by atoms with Gasteiger partial charge in [0.2, 0.25) is 0 Å². The highest BCUT2D eigenvalue weighted by Gasteiger charge is 2.28. The molecule has 0 unspecified atom stereocenters. The minimum absolute atomic E-state index is 0.0934. The number of hydrogen-bond acceptors (Lipinski definition) is 4. The van der Waals surface area contributed by atoms with Gasteiger partial charge in [-0.3, -0.25) is 4.98 Å². The standard InChI is InChI=1S/C13H20N2O2/c1-9(16)13-4-3-11(7-14-13)15(2)8-10-5-12(17)6-10/h3-4,7,9-10,12,16-17H,5-6,8H2,1-2H3/t9-,10?,12?/m1/s1. The summed E-state index contributed by atoms with van der Waals surface area (Å²) in [6.45, 7) is 2.66. The van der Waals surface area contributed by atoms with Crippen molar-refractivity contribution >= 4 is 5.69 Å². The lowest BCUT2D eigenvalue weighted by atomic mass is 9.82. The topological polar surface area (TPSA) is 56.6 Å². The third kappa shape index (κ3) is 2.96. The van der Waals surface area contributed by atoms with Crippen LogP contribution >= 0.6 is 0 Å². The molecule has 0 bridgehead atoms. The molecule has 1 atom stereocenters. The average Bonchev–Trinajstić information content (AvgIpc) is 2.27. The number of pyridine rings is 1. The maximum Gasteiger partial charge on any atom is 0.0931 e. The lowest BCUT2D eigenvalue weighted by Crippen LogP contribution is -2.37. The van der Waals surface area contributed by atoms with Crippen molar-refractivity contribution in [1.82, 2.24) is 4.98 Å². The number of nitrogens with zero attached hydrogens (tertiary/aromatic N) is 2. The number of aliphatic hydroxyl groups is 2. The highest BCUT2D eigenvalue weighted by Crippen LogP contribution is 2.29. The van der Waals surface area contributed by atoms with E-state index in [4.69, 9.17) is 0 Å². The Hall–Kier alpha value is -1.13. The zero-order chi connectivity index (χ0) is 12.4. The van der Waals surface area contributed by atoms with Crippen molar-refractivity contribution in [3.05, 3.63) is 24.0 Å². The smallest absolute Gasteiger partial charge is 0.0931 e. The van der Waals surface area contributed by atoms with Crippen molar-refractivity contribution in [3.63, 3.8) is 0 Å². The molecule has 17 heavy (non-hydrogen) atoms. The summed E-state index contributed by atoms with van der Waals surface area (Å²) >= 11 is 0. The van der Waals surface area contributed by atoms with Crippen LogP contribution in [0.15, 0.2) is 18.3 Å². The van der Waals surface area contributed by atoms with Gasteiger partial charge in [-0.05, 0) is 37.8 Å². The lowest BCUT2D eigenvalue weighted by molar-refractivity contribution is 0.0465. The second kappa shape index (κ2) is 5.02. The SMILES string of the molecule is C[C@@H](O)c1ccc(N(C)CC2CC(O)C2)cn1. The summed E-state index contributed by atoms with van der Waals surface area (Å²) in [7, 11) is 2.03. The molecular formula is C13H20N2O2. The van der Waals surface area contributed by atoms with E-state index in [9.17, 15) is 10.2 Å². The Morgan fingerprint density at radius 1 is 1.47 bits per heavy atom. The summed E-state index contributed by atoms with van der Waals surface area (Å²) in [6, 6.07) is 3.83. The Morgan fingerprint density at radius 2 is 2.18 bits per heavy atom. The van der Waals surface area contributed by atoms with Crippen LogP contribution in [0.3, 0.4) is 0 Å². The lowest BCUT2D eigenvalue weighted by Gasteiger charge is -2.35. The second-order valence-electron chi connectivity index (χ2n) is 4.99. The molecular weight excluding hydrogens is 216 g/mol. The van der Waals surface area contributed by atoms with Crippen LogP contribution in [-0.4, -0.2) is 34.9 Å². The minimum atomic E-state index is -0.517. The number of hydrogen-bond donors (Lipinski definition) is 2. The Bertz CT molecular complexity index is 358. The van der Waals surface area contributed by atoms with Crippen molar-refractivity contribution in [2.45, 2.75) is 32.0 Å². The summed E-state index contributed by atoms with van der Waals surface area (Å²) in [5, 5.41) is 18.6. The molecule has 0 aromatic carbocycles. The Kier molecular flexibility index (Phi) is 3.64. The van der Waals surface area contributed by atoms with Crippen LogP contribution in [0.25, 0.3) is 0 Å². The van der Waals surface area contributed by atoms with Gasteiger partial charge in [-0.1, -0.05) is 0 Å². The molecule has 1 aromatic heterocycles. The van der Waals surface area contributed by atoms with Gasteiger partial charge in [-0.15, -0.1) is 0 Å². The molecule has 0 radical (unpaired) electrons. The minimum Gasteiger partial charge on any atom is -0.393 e. The molecule has 2 rings (SSSR count). The van der Waals surface area contributed by atoms with E-state index >= 15 is 0 Å². The summed E-state index contributed by atoms with van der Waals surface area (Å²) in [4.78, 5) is 6.37. The fourth-order valence-corrected chi connectivity index (χ4v) is 2.21. The molecule has 1 aromatic rings. The molecule has 0 amide bonds. The first-order chi connectivity index (χ1) is 8.06. The predicted molar refractivity (Wildman–Crippen MR) is 66.9 cm³/mol. The van der Waals surface area contributed by atoms with Gasteiger partial charge >= 0.3 is 0 Å². The van der Waals surface area contributed by atoms with Gasteiger partial charge in [-0.2, -0.15) is 0 Å². The quantitative estimate of drug-likeness (QED) is 0.828. The van der Waals surface area contributed by atoms with Gasteiger partial charge in [0.05, 0.1) is 29.8 Å². The van der Waals surface area contributed by atoms with Gasteiger partial charge in [0.15, 0.2) is 0 Å². The van der Waals surface area contributed by atoms with E-state index < -0.39 is 6.10 Å². The molecule has 2 N–H and O–H groups in total. The monoisotopic (exact) mass is 236 g/mol. The second-order valence-corrected chi connectivity index (χ2v) is 4.99. The predicted octanol–water partition coefficient (Wildman–Crippen LogP) is 1.34. The van der Waals surface area contributed by atoms with Crippen LogP contribution in [0.2, 0.25) is 0 Å². The third-order valence-electron chi connectivity index (χ3n) is 3.38. The van der Waals surface area contributed by atoms with Crippen molar-refractivity contribution in [1.29, 1.82) is 0 Å². The van der Waals surface area contributed by atoms with Crippen LogP contribution in [0.4, 0.5) is 5.69 Å². The van der Waals surface area contributed by atoms with Crippen LogP contribution < -0.4 is 4.90 Å². The van der Waals surface area contributed by atoms with Crippen LogP contribution in [0, 0.1) is 5.92 Å². The van der Waals surface area contributed by atoms with Crippen LogP contribution in [0.1, 0.15) is 31.6 Å². The highest BCUT2D eigenvalue weighted by atomic mass is 16.3. The number of rotatable bonds is 4. The molecule has 1 aliphatic carbocycles. The van der Waals surface area contributed by atoms with E-state index in [-0.39, 0.29) is 6.10 Å². The van der Waals surface area contributed by atoms with E-state index in [1.807, 2.05) is 19.2 Å². The van der Waals surface area contributed by atoms with Crippen LogP contribution in [0.5, 0.6) is 0 Å². The number of anilines is 1. The summed E-state index contributed by atoms with van der Waals surface area (Å²) in [5.41, 5.74) is 1.75. The number of aliphatic hydroxyl groups excluding tert-OH is 2. The largest absolute Gasteiger partial charge is 0.393 e. The first-order valence-electron chi connectivity index (χ1n) is 6.09. The van der Waals surface area contributed by atoms with E-state index in [0.717, 1.165) is 25.1 Å². The zero-order valence-electron chi connectivity index (χ0n) is 10.4. The molecule has 1 saturated carbocycles. The van der Waals surface area contributed by atoms with Crippen LogP contribution in [-0.2, 0) is 0 Å². The summed E-state index contributed by atoms with van der Waals surface area (Å²) in [6.07, 6.45) is 2.99. The van der Waals surface area contributed by atoms with E-state index in [1.54, 1.807) is 13.1 Å². The maximum absolute atomic E-state index is 9.37. The van der Waals surface area contributed by atoms with Gasteiger partial charge in [-0.25, -0.2) is 0 Å². The average molecular weight is 236 g/mol. The Labute approximate surface area is 102 Å². The molecule has 0 spiro atoms. The first kappa shape index (κ1) is 12.3. The molecule has 4 heteroatoms. The van der Waals surface area contributed by atoms with Gasteiger partial charge < -0.3 is 15.1 Å². The van der Waals surface area contributed by atoms with E-state index in [2.05, 4.69) is 9.88 Å². The molecule has 0 saturated heterocycles. The van der Waals surface area contributed by atoms with Crippen molar-refractivity contribution < 1.29 is 10.2 Å².